The van der Waals surface area contributed by atoms with Crippen molar-refractivity contribution in [3.63, 3.8) is 0 Å². The fourth-order valence-electron chi connectivity index (χ4n) is 4.43. The monoisotopic (exact) mass is 530 g/mol. The van der Waals surface area contributed by atoms with Gasteiger partial charge in [0.2, 0.25) is 0 Å². The van der Waals surface area contributed by atoms with Crippen LogP contribution in [-0.2, 0) is 16.0 Å². The molecule has 1 aromatic rings. The number of rotatable bonds is 8. The van der Waals surface area contributed by atoms with E-state index in [0.717, 1.165) is 58.3 Å². The number of benzene rings is 1. The Morgan fingerprint density at radius 2 is 2.03 bits per heavy atom. The van der Waals surface area contributed by atoms with Gasteiger partial charge < -0.3 is 19.7 Å². The molecule has 0 amide bonds. The van der Waals surface area contributed by atoms with Gasteiger partial charge in [-0.15, -0.1) is 24.0 Å². The summed E-state index contributed by atoms with van der Waals surface area (Å²) in [6.07, 6.45) is 1.52. The number of nitrogens with zero attached hydrogens (tertiary/aromatic N) is 3. The van der Waals surface area contributed by atoms with Gasteiger partial charge in [0.25, 0.3) is 0 Å². The Kier molecular flexibility index (Phi) is 10.8. The zero-order chi connectivity index (χ0) is 20.6. The second-order valence-electron chi connectivity index (χ2n) is 8.34. The lowest BCUT2D eigenvalue weighted by atomic mass is 10.0. The lowest BCUT2D eigenvalue weighted by molar-refractivity contribution is -0.0502. The second-order valence-corrected chi connectivity index (χ2v) is 8.34. The largest absolute Gasteiger partial charge is 0.378 e. The number of morpholine rings is 1. The zero-order valence-corrected chi connectivity index (χ0v) is 21.2. The molecule has 3 atom stereocenters. The van der Waals surface area contributed by atoms with Crippen molar-refractivity contribution >= 4 is 29.9 Å². The van der Waals surface area contributed by atoms with Gasteiger partial charge in [0.05, 0.1) is 24.9 Å². The molecule has 0 aromatic heterocycles. The highest BCUT2D eigenvalue weighted by Crippen LogP contribution is 2.24. The molecular formula is C23H39IN4O2. The average Bonchev–Trinajstić information content (AvgIpc) is 3.16. The van der Waals surface area contributed by atoms with Crippen molar-refractivity contribution in [2.45, 2.75) is 52.0 Å². The summed E-state index contributed by atoms with van der Waals surface area (Å²) in [5, 5.41) is 3.55. The van der Waals surface area contributed by atoms with E-state index in [-0.39, 0.29) is 36.2 Å². The number of fused-ring (bicyclic) bond motifs is 1. The van der Waals surface area contributed by atoms with Crippen LogP contribution in [0.4, 0.5) is 0 Å². The first-order chi connectivity index (χ1) is 14.1. The molecule has 30 heavy (non-hydrogen) atoms. The van der Waals surface area contributed by atoms with E-state index >= 15 is 0 Å². The minimum atomic E-state index is 0. The number of aliphatic imine (C=N–C) groups is 1. The number of hydrogen-bond donors (Lipinski definition) is 1. The summed E-state index contributed by atoms with van der Waals surface area (Å²) in [4.78, 5) is 9.46. The van der Waals surface area contributed by atoms with E-state index in [0.29, 0.717) is 12.0 Å². The molecule has 3 unspecified atom stereocenters. The highest BCUT2D eigenvalue weighted by molar-refractivity contribution is 14.0. The highest BCUT2D eigenvalue weighted by atomic mass is 127. The summed E-state index contributed by atoms with van der Waals surface area (Å²) in [7, 11) is 1.87. The molecular weight excluding hydrogens is 491 g/mol. The number of nitrogens with one attached hydrogen (secondary N) is 1. The van der Waals surface area contributed by atoms with E-state index in [1.807, 2.05) is 7.05 Å². The van der Waals surface area contributed by atoms with Crippen molar-refractivity contribution in [3.05, 3.63) is 35.9 Å². The van der Waals surface area contributed by atoms with Gasteiger partial charge in [0.15, 0.2) is 5.96 Å². The molecule has 2 aliphatic rings. The predicted octanol–water partition coefficient (Wildman–Crippen LogP) is 3.22. The Bertz CT molecular complexity index is 643. The van der Waals surface area contributed by atoms with Crippen LogP contribution >= 0.6 is 24.0 Å². The zero-order valence-electron chi connectivity index (χ0n) is 18.9. The quantitative estimate of drug-likeness (QED) is 0.318. The van der Waals surface area contributed by atoms with Crippen LogP contribution in [-0.4, -0.2) is 80.4 Å². The number of ether oxygens (including phenoxy) is 2. The molecule has 7 heteroatoms. The number of hydrogen-bond acceptors (Lipinski definition) is 4. The number of halogens is 1. The molecule has 1 N–H and O–H groups in total. The Morgan fingerprint density at radius 1 is 1.27 bits per heavy atom. The Morgan fingerprint density at radius 3 is 2.70 bits per heavy atom. The average molecular weight is 530 g/mol. The van der Waals surface area contributed by atoms with Crippen molar-refractivity contribution < 1.29 is 9.47 Å². The molecule has 170 valence electrons. The first kappa shape index (κ1) is 25.4. The molecule has 0 bridgehead atoms. The van der Waals surface area contributed by atoms with Crippen LogP contribution in [0.25, 0.3) is 0 Å². The van der Waals surface area contributed by atoms with Gasteiger partial charge in [-0.2, -0.15) is 0 Å². The van der Waals surface area contributed by atoms with Gasteiger partial charge in [-0.25, -0.2) is 0 Å². The van der Waals surface area contributed by atoms with Gasteiger partial charge >= 0.3 is 0 Å². The second kappa shape index (κ2) is 12.8. The van der Waals surface area contributed by atoms with Crippen LogP contribution in [0, 0.1) is 5.92 Å². The summed E-state index contributed by atoms with van der Waals surface area (Å²) in [6, 6.07) is 11.1. The van der Waals surface area contributed by atoms with E-state index in [9.17, 15) is 0 Å². The molecule has 3 rings (SSSR count). The van der Waals surface area contributed by atoms with Crippen LogP contribution in [0.5, 0.6) is 0 Å². The third-order valence-corrected chi connectivity index (χ3v) is 5.99. The summed E-state index contributed by atoms with van der Waals surface area (Å²) in [5.74, 6) is 1.50. The molecule has 0 radical (unpaired) electrons. The third-order valence-electron chi connectivity index (χ3n) is 5.99. The Hall–Kier alpha value is -0.900. The van der Waals surface area contributed by atoms with E-state index in [1.165, 1.54) is 5.56 Å². The topological polar surface area (TPSA) is 49.3 Å². The Balaban J connectivity index is 0.00000320. The van der Waals surface area contributed by atoms with Gasteiger partial charge in [-0.3, -0.25) is 9.89 Å². The van der Waals surface area contributed by atoms with Gasteiger partial charge in [0.1, 0.15) is 0 Å². The smallest absolute Gasteiger partial charge is 0.193 e. The lowest BCUT2D eigenvalue weighted by Crippen LogP contribution is -2.50. The molecule has 2 heterocycles. The third kappa shape index (κ3) is 6.80. The normalized spacial score (nSPS) is 23.2. The SMILES string of the molecule is CCOC(CCNC(=NC)N1CC2OCCN(Cc3ccccc3)C2C1)C(C)C.I. The standard InChI is InChI=1S/C23H38N4O2.HI/c1-5-28-21(18(2)3)11-12-25-23(24-4)27-16-20-22(17-27)29-14-13-26(20)15-19-9-7-6-8-10-19;/h6-10,18,20-22H,5,11-17H2,1-4H3,(H,24,25);1H. The number of guanidine groups is 1. The molecule has 6 nitrogen and oxygen atoms in total. The summed E-state index contributed by atoms with van der Waals surface area (Å²) in [6.45, 7) is 12.8. The highest BCUT2D eigenvalue weighted by Gasteiger charge is 2.41. The predicted molar refractivity (Wildman–Crippen MR) is 134 cm³/mol. The maximum absolute atomic E-state index is 6.11. The van der Waals surface area contributed by atoms with E-state index in [4.69, 9.17) is 9.47 Å². The van der Waals surface area contributed by atoms with Crippen molar-refractivity contribution in [2.24, 2.45) is 10.9 Å². The first-order valence-electron chi connectivity index (χ1n) is 11.1. The van der Waals surface area contributed by atoms with Crippen LogP contribution < -0.4 is 5.32 Å². The Labute approximate surface area is 199 Å². The maximum atomic E-state index is 6.11. The van der Waals surface area contributed by atoms with Gasteiger partial charge in [-0.1, -0.05) is 44.2 Å². The molecule has 2 fully saturated rings. The minimum Gasteiger partial charge on any atom is -0.378 e. The van der Waals surface area contributed by atoms with E-state index in [1.54, 1.807) is 0 Å². The lowest BCUT2D eigenvalue weighted by Gasteiger charge is -2.36. The van der Waals surface area contributed by atoms with Crippen LogP contribution in [0.2, 0.25) is 0 Å². The summed E-state index contributed by atoms with van der Waals surface area (Å²) in [5.41, 5.74) is 1.37. The summed E-state index contributed by atoms with van der Waals surface area (Å²) >= 11 is 0. The van der Waals surface area contributed by atoms with Crippen LogP contribution in [0.1, 0.15) is 32.8 Å². The first-order valence-corrected chi connectivity index (χ1v) is 11.1. The molecule has 0 spiro atoms. The molecule has 0 aliphatic carbocycles. The van der Waals surface area contributed by atoms with Crippen LogP contribution in [0.3, 0.4) is 0 Å². The number of likely N-dealkylation sites (tertiary alicyclic amines) is 1. The van der Waals surface area contributed by atoms with Crippen molar-refractivity contribution in [2.75, 3.05) is 46.4 Å². The maximum Gasteiger partial charge on any atom is 0.193 e. The van der Waals surface area contributed by atoms with Gasteiger partial charge in [-0.05, 0) is 24.8 Å². The van der Waals surface area contributed by atoms with Gasteiger partial charge in [0, 0.05) is 46.4 Å². The minimum absolute atomic E-state index is 0. The summed E-state index contributed by atoms with van der Waals surface area (Å²) < 4.78 is 12.0. The molecule has 2 aliphatic heterocycles. The van der Waals surface area contributed by atoms with Crippen molar-refractivity contribution in [3.8, 4) is 0 Å². The van der Waals surface area contributed by atoms with Crippen LogP contribution in [0.15, 0.2) is 35.3 Å². The fourth-order valence-corrected chi connectivity index (χ4v) is 4.43. The molecule has 1 aromatic carbocycles. The van der Waals surface area contributed by atoms with Crippen molar-refractivity contribution in [1.82, 2.24) is 15.1 Å². The molecule has 2 saturated heterocycles. The van der Waals surface area contributed by atoms with E-state index in [2.05, 4.69) is 71.2 Å². The fraction of sp³-hybridized carbons (Fsp3) is 0.696. The molecule has 0 saturated carbocycles. The van der Waals surface area contributed by atoms with Crippen molar-refractivity contribution in [1.29, 1.82) is 0 Å². The van der Waals surface area contributed by atoms with E-state index < -0.39 is 0 Å².